The summed E-state index contributed by atoms with van der Waals surface area (Å²) in [5, 5.41) is 3.66. The third-order valence-corrected chi connectivity index (χ3v) is 4.33. The van der Waals surface area contributed by atoms with Crippen molar-refractivity contribution in [2.45, 2.75) is 76.8 Å². The SMILES string of the molecule is CC(C)(C)NCN1CCCC12CCCCC2. The molecule has 0 atom stereocenters. The average molecular weight is 224 g/mol. The topological polar surface area (TPSA) is 15.3 Å². The molecular weight excluding hydrogens is 196 g/mol. The predicted octanol–water partition coefficient (Wildman–Crippen LogP) is 3.13. The first kappa shape index (κ1) is 12.4. The van der Waals surface area contributed by atoms with Crippen molar-refractivity contribution in [1.82, 2.24) is 10.2 Å². The van der Waals surface area contributed by atoms with E-state index in [0.29, 0.717) is 5.54 Å². The van der Waals surface area contributed by atoms with E-state index in [4.69, 9.17) is 0 Å². The molecule has 0 aromatic rings. The van der Waals surface area contributed by atoms with E-state index < -0.39 is 0 Å². The maximum absolute atomic E-state index is 3.66. The fraction of sp³-hybridized carbons (Fsp3) is 1.00. The van der Waals surface area contributed by atoms with Crippen molar-refractivity contribution in [3.63, 3.8) is 0 Å². The molecule has 0 bridgehead atoms. The molecule has 0 radical (unpaired) electrons. The Morgan fingerprint density at radius 1 is 1.00 bits per heavy atom. The molecule has 94 valence electrons. The van der Waals surface area contributed by atoms with Crippen LogP contribution in [0.1, 0.15) is 65.7 Å². The van der Waals surface area contributed by atoms with Crippen LogP contribution in [0.3, 0.4) is 0 Å². The lowest BCUT2D eigenvalue weighted by Crippen LogP contribution is -2.52. The summed E-state index contributed by atoms with van der Waals surface area (Å²) < 4.78 is 0. The monoisotopic (exact) mass is 224 g/mol. The van der Waals surface area contributed by atoms with Crippen LogP contribution in [-0.2, 0) is 0 Å². The van der Waals surface area contributed by atoms with E-state index in [0.717, 1.165) is 6.67 Å². The minimum Gasteiger partial charge on any atom is -0.300 e. The molecule has 1 saturated heterocycles. The average Bonchev–Trinajstić information content (AvgIpc) is 2.58. The highest BCUT2D eigenvalue weighted by atomic mass is 15.3. The molecule has 1 heterocycles. The van der Waals surface area contributed by atoms with Crippen LogP contribution in [0.5, 0.6) is 0 Å². The fourth-order valence-corrected chi connectivity index (χ4v) is 3.35. The molecule has 2 heteroatoms. The van der Waals surface area contributed by atoms with Gasteiger partial charge in [-0.15, -0.1) is 0 Å². The highest BCUT2D eigenvalue weighted by molar-refractivity contribution is 4.97. The van der Waals surface area contributed by atoms with Crippen molar-refractivity contribution in [1.29, 1.82) is 0 Å². The highest BCUT2D eigenvalue weighted by Gasteiger charge is 2.41. The number of likely N-dealkylation sites (tertiary alicyclic amines) is 1. The molecule has 1 aliphatic carbocycles. The Morgan fingerprint density at radius 2 is 1.62 bits per heavy atom. The molecule has 0 unspecified atom stereocenters. The Labute approximate surface area is 101 Å². The molecule has 2 rings (SSSR count). The summed E-state index contributed by atoms with van der Waals surface area (Å²) in [6.45, 7) is 9.18. The number of hydrogen-bond donors (Lipinski definition) is 1. The summed E-state index contributed by atoms with van der Waals surface area (Å²) in [5.74, 6) is 0. The van der Waals surface area contributed by atoms with Gasteiger partial charge in [-0.1, -0.05) is 19.3 Å². The van der Waals surface area contributed by atoms with Crippen molar-refractivity contribution in [3.05, 3.63) is 0 Å². The van der Waals surface area contributed by atoms with Gasteiger partial charge >= 0.3 is 0 Å². The van der Waals surface area contributed by atoms with Crippen LogP contribution in [0.15, 0.2) is 0 Å². The molecule has 16 heavy (non-hydrogen) atoms. The van der Waals surface area contributed by atoms with Gasteiger partial charge in [0.05, 0.1) is 0 Å². The van der Waals surface area contributed by atoms with Crippen LogP contribution in [0.25, 0.3) is 0 Å². The number of nitrogens with zero attached hydrogens (tertiary/aromatic N) is 1. The van der Waals surface area contributed by atoms with Gasteiger partial charge in [0, 0.05) is 17.7 Å². The van der Waals surface area contributed by atoms with Crippen molar-refractivity contribution >= 4 is 0 Å². The summed E-state index contributed by atoms with van der Waals surface area (Å²) in [5.41, 5.74) is 0.828. The van der Waals surface area contributed by atoms with Gasteiger partial charge in [-0.2, -0.15) is 0 Å². The van der Waals surface area contributed by atoms with Gasteiger partial charge in [-0.3, -0.25) is 10.2 Å². The second-order valence-corrected chi connectivity index (χ2v) is 6.74. The summed E-state index contributed by atoms with van der Waals surface area (Å²) in [4.78, 5) is 2.73. The van der Waals surface area contributed by atoms with Gasteiger partial charge in [-0.05, 0) is 53.0 Å². The first-order valence-corrected chi connectivity index (χ1v) is 7.02. The molecule has 1 saturated carbocycles. The molecule has 0 aromatic heterocycles. The van der Waals surface area contributed by atoms with Crippen LogP contribution in [0.2, 0.25) is 0 Å². The van der Waals surface area contributed by atoms with E-state index >= 15 is 0 Å². The molecule has 1 aliphatic heterocycles. The van der Waals surface area contributed by atoms with E-state index in [9.17, 15) is 0 Å². The lowest BCUT2D eigenvalue weighted by Gasteiger charge is -2.42. The number of rotatable bonds is 2. The normalized spacial score (nSPS) is 26.4. The van der Waals surface area contributed by atoms with E-state index in [2.05, 4.69) is 31.0 Å². The van der Waals surface area contributed by atoms with Crippen LogP contribution in [0.4, 0.5) is 0 Å². The van der Waals surface area contributed by atoms with E-state index in [1.165, 1.54) is 51.5 Å². The van der Waals surface area contributed by atoms with E-state index in [1.807, 2.05) is 0 Å². The second kappa shape index (κ2) is 4.66. The minimum atomic E-state index is 0.248. The Bertz CT molecular complexity index is 223. The minimum absolute atomic E-state index is 0.248. The maximum atomic E-state index is 3.66. The quantitative estimate of drug-likeness (QED) is 0.775. The zero-order chi connectivity index (χ0) is 11.6. The highest BCUT2D eigenvalue weighted by Crippen LogP contribution is 2.41. The molecule has 1 spiro atoms. The fourth-order valence-electron chi connectivity index (χ4n) is 3.35. The second-order valence-electron chi connectivity index (χ2n) is 6.74. The third kappa shape index (κ3) is 2.78. The predicted molar refractivity (Wildman–Crippen MR) is 69.5 cm³/mol. The third-order valence-electron chi connectivity index (χ3n) is 4.33. The summed E-state index contributed by atoms with van der Waals surface area (Å²) in [7, 11) is 0. The van der Waals surface area contributed by atoms with E-state index in [-0.39, 0.29) is 5.54 Å². The largest absolute Gasteiger partial charge is 0.300 e. The van der Waals surface area contributed by atoms with Gasteiger partial charge in [0.2, 0.25) is 0 Å². The molecule has 0 amide bonds. The van der Waals surface area contributed by atoms with Gasteiger partial charge in [0.25, 0.3) is 0 Å². The Balaban J connectivity index is 1.92. The zero-order valence-electron chi connectivity index (χ0n) is 11.3. The van der Waals surface area contributed by atoms with Crippen LogP contribution in [0, 0.1) is 0 Å². The zero-order valence-corrected chi connectivity index (χ0v) is 11.3. The smallest absolute Gasteiger partial charge is 0.0489 e. The summed E-state index contributed by atoms with van der Waals surface area (Å²) in [6, 6.07) is 0. The summed E-state index contributed by atoms with van der Waals surface area (Å²) in [6.07, 6.45) is 10.1. The lowest BCUT2D eigenvalue weighted by atomic mass is 9.80. The Hall–Kier alpha value is -0.0800. The van der Waals surface area contributed by atoms with Crippen molar-refractivity contribution < 1.29 is 0 Å². The van der Waals surface area contributed by atoms with Crippen molar-refractivity contribution in [2.24, 2.45) is 0 Å². The summed E-state index contributed by atoms with van der Waals surface area (Å²) >= 11 is 0. The molecule has 2 aliphatic rings. The van der Waals surface area contributed by atoms with Crippen molar-refractivity contribution in [3.8, 4) is 0 Å². The standard InChI is InChI=1S/C14H28N2/c1-13(2,3)15-12-16-11-7-10-14(16)8-5-4-6-9-14/h15H,4-12H2,1-3H3. The molecular formula is C14H28N2. The van der Waals surface area contributed by atoms with Crippen LogP contribution in [-0.4, -0.2) is 29.2 Å². The first-order valence-electron chi connectivity index (χ1n) is 7.02. The Kier molecular flexibility index (Phi) is 3.60. The maximum Gasteiger partial charge on any atom is 0.0489 e. The molecule has 2 fully saturated rings. The van der Waals surface area contributed by atoms with E-state index in [1.54, 1.807) is 0 Å². The number of nitrogens with one attached hydrogen (secondary N) is 1. The first-order chi connectivity index (χ1) is 7.52. The van der Waals surface area contributed by atoms with Crippen molar-refractivity contribution in [2.75, 3.05) is 13.2 Å². The number of hydrogen-bond acceptors (Lipinski definition) is 2. The van der Waals surface area contributed by atoms with Crippen LogP contribution >= 0.6 is 0 Å². The Morgan fingerprint density at radius 3 is 2.25 bits per heavy atom. The molecule has 0 aromatic carbocycles. The lowest BCUT2D eigenvalue weighted by molar-refractivity contribution is 0.0765. The molecule has 1 N–H and O–H groups in total. The van der Waals surface area contributed by atoms with Crippen LogP contribution < -0.4 is 5.32 Å². The van der Waals surface area contributed by atoms with Gasteiger partial charge in [0.15, 0.2) is 0 Å². The van der Waals surface area contributed by atoms with Gasteiger partial charge < -0.3 is 0 Å². The van der Waals surface area contributed by atoms with Gasteiger partial charge in [-0.25, -0.2) is 0 Å². The van der Waals surface area contributed by atoms with Gasteiger partial charge in [0.1, 0.15) is 0 Å². The molecule has 2 nitrogen and oxygen atoms in total.